The SMILES string of the molecule is CC[C@@H]1[C@@H]2CCOS(=O)(=O)N12. The Balaban J connectivity index is 2.20. The van der Waals surface area contributed by atoms with E-state index >= 15 is 0 Å². The van der Waals surface area contributed by atoms with Crippen molar-refractivity contribution in [2.75, 3.05) is 6.61 Å². The molecule has 0 radical (unpaired) electrons. The lowest BCUT2D eigenvalue weighted by atomic mass is 10.2. The Morgan fingerprint density at radius 2 is 2.36 bits per heavy atom. The molecule has 0 aromatic carbocycles. The Hall–Kier alpha value is -0.130. The monoisotopic (exact) mass is 177 g/mol. The molecule has 0 bridgehead atoms. The zero-order chi connectivity index (χ0) is 8.06. The first-order valence-corrected chi connectivity index (χ1v) is 5.21. The second-order valence-electron chi connectivity index (χ2n) is 2.94. The lowest BCUT2D eigenvalue weighted by Crippen LogP contribution is -2.24. The highest BCUT2D eigenvalue weighted by Gasteiger charge is 2.56. The predicted octanol–water partition coefficient (Wildman–Crippen LogP) is 0.114. The Bertz CT molecular complexity index is 257. The summed E-state index contributed by atoms with van der Waals surface area (Å²) >= 11 is 0. The fourth-order valence-electron chi connectivity index (χ4n) is 1.75. The highest BCUT2D eigenvalue weighted by atomic mass is 32.2. The lowest BCUT2D eigenvalue weighted by molar-refractivity contribution is 0.265. The van der Waals surface area contributed by atoms with E-state index in [9.17, 15) is 8.42 Å². The number of nitrogens with zero attached hydrogens (tertiary/aromatic N) is 1. The highest BCUT2D eigenvalue weighted by Crippen LogP contribution is 2.40. The number of hydrogen-bond acceptors (Lipinski definition) is 3. The molecule has 2 aliphatic rings. The van der Waals surface area contributed by atoms with E-state index in [2.05, 4.69) is 4.18 Å². The van der Waals surface area contributed by atoms with Gasteiger partial charge in [0.25, 0.3) is 0 Å². The van der Waals surface area contributed by atoms with Crippen LogP contribution in [0.3, 0.4) is 0 Å². The normalized spacial score (nSPS) is 46.5. The Kier molecular flexibility index (Phi) is 1.49. The molecule has 0 amide bonds. The maximum absolute atomic E-state index is 11.1. The summed E-state index contributed by atoms with van der Waals surface area (Å²) in [4.78, 5) is 0. The molecular weight excluding hydrogens is 166 g/mol. The minimum atomic E-state index is -3.32. The van der Waals surface area contributed by atoms with Crippen LogP contribution in [0.2, 0.25) is 0 Å². The minimum absolute atomic E-state index is 0.225. The van der Waals surface area contributed by atoms with Gasteiger partial charge in [-0.15, -0.1) is 0 Å². The van der Waals surface area contributed by atoms with Crippen molar-refractivity contribution in [3.05, 3.63) is 0 Å². The quantitative estimate of drug-likeness (QED) is 0.534. The zero-order valence-corrected chi connectivity index (χ0v) is 7.17. The van der Waals surface area contributed by atoms with Crippen molar-refractivity contribution in [1.82, 2.24) is 4.31 Å². The molecule has 3 atom stereocenters. The number of fused-ring (bicyclic) bond motifs is 1. The first-order valence-electron chi connectivity index (χ1n) is 3.84. The van der Waals surface area contributed by atoms with Gasteiger partial charge in [0.1, 0.15) is 0 Å². The average Bonchev–Trinajstić information content (AvgIpc) is 2.62. The van der Waals surface area contributed by atoms with E-state index in [0.717, 1.165) is 12.8 Å². The van der Waals surface area contributed by atoms with E-state index in [1.54, 1.807) is 0 Å². The summed E-state index contributed by atoms with van der Waals surface area (Å²) in [6, 6.07) is 0.473. The van der Waals surface area contributed by atoms with Crippen LogP contribution in [0.5, 0.6) is 0 Å². The van der Waals surface area contributed by atoms with Crippen LogP contribution in [0.25, 0.3) is 0 Å². The maximum atomic E-state index is 11.1. The fourth-order valence-corrected chi connectivity index (χ4v) is 3.32. The molecular formula is C6H11NO3S. The molecule has 0 aromatic rings. The molecule has 4 nitrogen and oxygen atoms in total. The van der Waals surface area contributed by atoms with Gasteiger partial charge in [-0.05, 0) is 12.8 Å². The van der Waals surface area contributed by atoms with E-state index < -0.39 is 10.3 Å². The molecule has 2 saturated heterocycles. The first kappa shape index (κ1) is 7.52. The van der Waals surface area contributed by atoms with Crippen molar-refractivity contribution >= 4 is 10.3 Å². The molecule has 2 heterocycles. The predicted molar refractivity (Wildman–Crippen MR) is 39.2 cm³/mol. The molecule has 5 heteroatoms. The smallest absolute Gasteiger partial charge is 0.258 e. The molecule has 64 valence electrons. The van der Waals surface area contributed by atoms with Gasteiger partial charge in [0.05, 0.1) is 6.61 Å². The van der Waals surface area contributed by atoms with Gasteiger partial charge in [-0.2, -0.15) is 12.7 Å². The van der Waals surface area contributed by atoms with Gasteiger partial charge in [0.2, 0.25) is 0 Å². The first-order chi connectivity index (χ1) is 5.17. The Morgan fingerprint density at radius 3 is 2.91 bits per heavy atom. The van der Waals surface area contributed by atoms with Gasteiger partial charge >= 0.3 is 10.3 Å². The summed E-state index contributed by atoms with van der Waals surface area (Å²) in [5, 5.41) is 0. The van der Waals surface area contributed by atoms with Crippen molar-refractivity contribution in [3.8, 4) is 0 Å². The van der Waals surface area contributed by atoms with E-state index in [0.29, 0.717) is 6.61 Å². The van der Waals surface area contributed by atoms with Crippen LogP contribution in [0.1, 0.15) is 19.8 Å². The van der Waals surface area contributed by atoms with E-state index in [1.807, 2.05) is 6.92 Å². The molecule has 0 aromatic heterocycles. The van der Waals surface area contributed by atoms with Crippen molar-refractivity contribution in [1.29, 1.82) is 0 Å². The number of rotatable bonds is 1. The highest BCUT2D eigenvalue weighted by molar-refractivity contribution is 7.84. The topological polar surface area (TPSA) is 46.4 Å². The van der Waals surface area contributed by atoms with Gasteiger partial charge in [-0.3, -0.25) is 4.18 Å². The summed E-state index contributed by atoms with van der Waals surface area (Å²) in [6.07, 6.45) is 1.75. The fraction of sp³-hybridized carbons (Fsp3) is 1.00. The molecule has 2 rings (SSSR count). The zero-order valence-electron chi connectivity index (χ0n) is 6.36. The summed E-state index contributed by atoms with van der Waals surface area (Å²) in [6.45, 7) is 2.36. The van der Waals surface area contributed by atoms with Crippen molar-refractivity contribution in [2.24, 2.45) is 0 Å². The van der Waals surface area contributed by atoms with Crippen LogP contribution < -0.4 is 0 Å². The summed E-state index contributed by atoms with van der Waals surface area (Å²) in [5.74, 6) is 0. The second-order valence-corrected chi connectivity index (χ2v) is 4.45. The second kappa shape index (κ2) is 2.18. The number of hydrogen-bond donors (Lipinski definition) is 0. The molecule has 0 spiro atoms. The summed E-state index contributed by atoms with van der Waals surface area (Å²) in [7, 11) is -3.32. The lowest BCUT2D eigenvalue weighted by Gasteiger charge is -2.10. The van der Waals surface area contributed by atoms with Crippen molar-refractivity contribution in [3.63, 3.8) is 0 Å². The minimum Gasteiger partial charge on any atom is -0.258 e. The summed E-state index contributed by atoms with van der Waals surface area (Å²) in [5.41, 5.74) is 0. The third kappa shape index (κ3) is 0.988. The summed E-state index contributed by atoms with van der Waals surface area (Å²) < 4.78 is 28.3. The van der Waals surface area contributed by atoms with E-state index in [-0.39, 0.29) is 12.1 Å². The van der Waals surface area contributed by atoms with Crippen molar-refractivity contribution in [2.45, 2.75) is 31.8 Å². The van der Waals surface area contributed by atoms with Gasteiger partial charge in [0.15, 0.2) is 0 Å². The maximum Gasteiger partial charge on any atom is 0.339 e. The third-order valence-corrected chi connectivity index (χ3v) is 3.85. The van der Waals surface area contributed by atoms with Crippen LogP contribution in [0.15, 0.2) is 0 Å². The molecule has 11 heavy (non-hydrogen) atoms. The molecule has 2 fully saturated rings. The van der Waals surface area contributed by atoms with Gasteiger partial charge < -0.3 is 0 Å². The van der Waals surface area contributed by atoms with Crippen molar-refractivity contribution < 1.29 is 12.6 Å². The molecule has 0 N–H and O–H groups in total. The largest absolute Gasteiger partial charge is 0.339 e. The average molecular weight is 177 g/mol. The van der Waals surface area contributed by atoms with Crippen LogP contribution in [0, 0.1) is 0 Å². The van der Waals surface area contributed by atoms with Gasteiger partial charge in [-0.25, -0.2) is 0 Å². The molecule has 0 saturated carbocycles. The van der Waals surface area contributed by atoms with Gasteiger partial charge in [-0.1, -0.05) is 6.92 Å². The molecule has 0 aliphatic carbocycles. The molecule has 1 unspecified atom stereocenters. The van der Waals surface area contributed by atoms with Crippen LogP contribution in [-0.4, -0.2) is 31.4 Å². The van der Waals surface area contributed by atoms with Crippen LogP contribution in [-0.2, 0) is 14.5 Å². The standard InChI is InChI=1S/C6H11NO3S/c1-2-5-6-3-4-10-11(8,9)7(5)6/h5-6H,2-4H2,1H3/t5-,6+,7?/m1/s1. The molecule has 2 aliphatic heterocycles. The van der Waals surface area contributed by atoms with Crippen LogP contribution >= 0.6 is 0 Å². The van der Waals surface area contributed by atoms with Crippen LogP contribution in [0.4, 0.5) is 0 Å². The Labute approximate surface area is 66.4 Å². The van der Waals surface area contributed by atoms with E-state index in [4.69, 9.17) is 0 Å². The third-order valence-electron chi connectivity index (χ3n) is 2.33. The Morgan fingerprint density at radius 1 is 1.64 bits per heavy atom. The van der Waals surface area contributed by atoms with Gasteiger partial charge in [0, 0.05) is 12.1 Å². The van der Waals surface area contributed by atoms with E-state index in [1.165, 1.54) is 4.31 Å².